The monoisotopic (exact) mass is 503 g/mol. The fourth-order valence-corrected chi connectivity index (χ4v) is 5.50. The van der Waals surface area contributed by atoms with Gasteiger partial charge in [-0.15, -0.1) is 21.5 Å². The molecule has 2 aromatic carbocycles. The molecule has 0 saturated carbocycles. The molecule has 0 spiro atoms. The fraction of sp³-hybridized carbons (Fsp3) is 0.154. The number of thiophene rings is 1. The number of aryl methyl sites for hydroxylation is 2. The summed E-state index contributed by atoms with van der Waals surface area (Å²) < 4.78 is 5.86. The third-order valence-electron chi connectivity index (χ3n) is 5.59. The predicted molar refractivity (Wildman–Crippen MR) is 136 cm³/mol. The second-order valence-electron chi connectivity index (χ2n) is 8.09. The van der Waals surface area contributed by atoms with Crippen LogP contribution in [-0.4, -0.2) is 27.0 Å². The van der Waals surface area contributed by atoms with Crippen molar-refractivity contribution < 1.29 is 19.4 Å². The van der Waals surface area contributed by atoms with Crippen molar-refractivity contribution in [2.75, 3.05) is 4.90 Å². The van der Waals surface area contributed by atoms with Crippen LogP contribution in [0.2, 0.25) is 0 Å². The molecule has 1 fully saturated rings. The Balaban J connectivity index is 1.47. The number of aliphatic hydroxyl groups is 1. The first-order valence-electron chi connectivity index (χ1n) is 10.9. The molecule has 5 rings (SSSR count). The number of benzene rings is 2. The number of hydrogen-bond donors (Lipinski definition) is 1. The SMILES string of the molecule is Cc1cccc(COc2ccc(C(O)=C3C(=O)C(=O)N(c4nnc(C)s4)[C@H]3c3cccs3)cc2)c1. The molecule has 7 nitrogen and oxygen atoms in total. The van der Waals surface area contributed by atoms with Crippen molar-refractivity contribution in [1.29, 1.82) is 0 Å². The summed E-state index contributed by atoms with van der Waals surface area (Å²) in [5.41, 5.74) is 2.66. The summed E-state index contributed by atoms with van der Waals surface area (Å²) in [5.74, 6) is -1.11. The lowest BCUT2D eigenvalue weighted by molar-refractivity contribution is -0.132. The Morgan fingerprint density at radius 2 is 1.86 bits per heavy atom. The van der Waals surface area contributed by atoms with E-state index < -0.39 is 17.7 Å². The molecule has 0 unspecified atom stereocenters. The fourth-order valence-electron chi connectivity index (χ4n) is 3.96. The number of anilines is 1. The standard InChI is InChI=1S/C26H21N3O4S2/c1-15-5-3-6-17(13-15)14-33-19-10-8-18(9-11-19)23(30)21-22(20-7-4-12-34-20)29(25(32)24(21)31)26-28-27-16(2)35-26/h3-13,22,30H,14H2,1-2H3/t22-/m0/s1. The minimum absolute atomic E-state index is 0.0266. The quantitative estimate of drug-likeness (QED) is 0.215. The highest BCUT2D eigenvalue weighted by molar-refractivity contribution is 7.15. The summed E-state index contributed by atoms with van der Waals surface area (Å²) in [6.07, 6.45) is 0. The number of hydrogen-bond acceptors (Lipinski definition) is 8. The molecule has 35 heavy (non-hydrogen) atoms. The second kappa shape index (κ2) is 9.44. The van der Waals surface area contributed by atoms with Crippen LogP contribution < -0.4 is 9.64 Å². The van der Waals surface area contributed by atoms with Gasteiger partial charge in [0.05, 0.1) is 5.57 Å². The minimum atomic E-state index is -0.778. The number of carbonyl (C=O) groups is 2. The maximum atomic E-state index is 13.1. The van der Waals surface area contributed by atoms with E-state index >= 15 is 0 Å². The van der Waals surface area contributed by atoms with Crippen molar-refractivity contribution in [3.8, 4) is 5.75 Å². The van der Waals surface area contributed by atoms with Gasteiger partial charge in [0.2, 0.25) is 5.13 Å². The average Bonchev–Trinajstić information content (AvgIpc) is 3.59. The van der Waals surface area contributed by atoms with Gasteiger partial charge in [0.25, 0.3) is 5.78 Å². The second-order valence-corrected chi connectivity index (χ2v) is 10.2. The maximum Gasteiger partial charge on any atom is 0.301 e. The van der Waals surface area contributed by atoms with E-state index in [-0.39, 0.29) is 11.3 Å². The largest absolute Gasteiger partial charge is 0.507 e. The smallest absolute Gasteiger partial charge is 0.301 e. The summed E-state index contributed by atoms with van der Waals surface area (Å²) in [6, 6.07) is 17.8. The molecule has 9 heteroatoms. The van der Waals surface area contributed by atoms with Crippen molar-refractivity contribution in [3.63, 3.8) is 0 Å². The van der Waals surface area contributed by atoms with E-state index in [0.717, 1.165) is 16.0 Å². The van der Waals surface area contributed by atoms with Crippen molar-refractivity contribution in [3.05, 3.63) is 98.2 Å². The molecule has 1 aliphatic heterocycles. The number of aromatic nitrogens is 2. The average molecular weight is 504 g/mol. The Labute approximate surface area is 210 Å². The number of nitrogens with zero attached hydrogens (tertiary/aromatic N) is 3. The summed E-state index contributed by atoms with van der Waals surface area (Å²) in [7, 11) is 0. The summed E-state index contributed by atoms with van der Waals surface area (Å²) in [4.78, 5) is 28.2. The molecular formula is C26H21N3O4S2. The lowest BCUT2D eigenvalue weighted by Crippen LogP contribution is -2.29. The van der Waals surface area contributed by atoms with Gasteiger partial charge in [0.1, 0.15) is 29.2 Å². The van der Waals surface area contributed by atoms with Gasteiger partial charge < -0.3 is 9.84 Å². The third kappa shape index (κ3) is 4.48. The molecule has 0 radical (unpaired) electrons. The van der Waals surface area contributed by atoms with Crippen LogP contribution in [0.15, 0.2) is 71.6 Å². The number of amides is 1. The number of ketones is 1. The Kier molecular flexibility index (Phi) is 6.19. The highest BCUT2D eigenvalue weighted by Crippen LogP contribution is 2.44. The lowest BCUT2D eigenvalue weighted by atomic mass is 10.00. The first kappa shape index (κ1) is 22.9. The van der Waals surface area contributed by atoms with Gasteiger partial charge in [0, 0.05) is 10.4 Å². The molecule has 1 N–H and O–H groups in total. The molecule has 1 saturated heterocycles. The third-order valence-corrected chi connectivity index (χ3v) is 7.36. The number of Topliss-reactive ketones (excluding diaryl/α,β-unsaturated/α-hetero) is 1. The number of ether oxygens (including phenoxy) is 1. The summed E-state index contributed by atoms with van der Waals surface area (Å²) in [5, 5.41) is 22.1. The zero-order chi connectivity index (χ0) is 24.5. The predicted octanol–water partition coefficient (Wildman–Crippen LogP) is 5.42. The van der Waals surface area contributed by atoms with Crippen molar-refractivity contribution >= 4 is 45.3 Å². The molecule has 1 aliphatic rings. The Morgan fingerprint density at radius 1 is 1.06 bits per heavy atom. The number of aliphatic hydroxyl groups excluding tert-OH is 1. The van der Waals surface area contributed by atoms with E-state index in [1.165, 1.54) is 27.6 Å². The molecule has 0 bridgehead atoms. The van der Waals surface area contributed by atoms with Gasteiger partial charge in [-0.2, -0.15) is 0 Å². The van der Waals surface area contributed by atoms with Crippen LogP contribution in [0.25, 0.3) is 5.76 Å². The van der Waals surface area contributed by atoms with Crippen LogP contribution in [0.1, 0.15) is 32.6 Å². The molecule has 0 aliphatic carbocycles. The zero-order valence-corrected chi connectivity index (χ0v) is 20.6. The van der Waals surface area contributed by atoms with E-state index in [1.54, 1.807) is 31.2 Å². The molecule has 2 aromatic heterocycles. The maximum absolute atomic E-state index is 13.1. The molecular weight excluding hydrogens is 482 g/mol. The highest BCUT2D eigenvalue weighted by atomic mass is 32.1. The van der Waals surface area contributed by atoms with Crippen LogP contribution in [0.5, 0.6) is 5.75 Å². The van der Waals surface area contributed by atoms with E-state index in [9.17, 15) is 14.7 Å². The first-order valence-corrected chi connectivity index (χ1v) is 12.6. The Morgan fingerprint density at radius 3 is 2.51 bits per heavy atom. The van der Waals surface area contributed by atoms with Crippen LogP contribution >= 0.6 is 22.7 Å². The van der Waals surface area contributed by atoms with Crippen LogP contribution in [0.3, 0.4) is 0 Å². The summed E-state index contributed by atoms with van der Waals surface area (Å²) >= 11 is 2.62. The van der Waals surface area contributed by atoms with Gasteiger partial charge in [-0.05, 0) is 55.1 Å². The van der Waals surface area contributed by atoms with E-state index in [0.29, 0.717) is 28.1 Å². The topological polar surface area (TPSA) is 92.6 Å². The molecule has 4 aromatic rings. The highest BCUT2D eigenvalue weighted by Gasteiger charge is 2.48. The number of rotatable bonds is 6. The lowest BCUT2D eigenvalue weighted by Gasteiger charge is -2.20. The van der Waals surface area contributed by atoms with E-state index in [1.807, 2.05) is 42.6 Å². The van der Waals surface area contributed by atoms with Gasteiger partial charge in [0.15, 0.2) is 0 Å². The van der Waals surface area contributed by atoms with Gasteiger partial charge in [-0.25, -0.2) is 0 Å². The first-order chi connectivity index (χ1) is 16.9. The Bertz CT molecular complexity index is 1430. The normalized spacial score (nSPS) is 17.2. The van der Waals surface area contributed by atoms with Crippen LogP contribution in [0, 0.1) is 13.8 Å². The van der Waals surface area contributed by atoms with Crippen LogP contribution in [-0.2, 0) is 16.2 Å². The number of carbonyl (C=O) groups excluding carboxylic acids is 2. The molecule has 176 valence electrons. The van der Waals surface area contributed by atoms with Gasteiger partial charge >= 0.3 is 5.91 Å². The van der Waals surface area contributed by atoms with E-state index in [2.05, 4.69) is 16.3 Å². The molecule has 1 atom stereocenters. The Hall–Kier alpha value is -3.82. The zero-order valence-electron chi connectivity index (χ0n) is 19.0. The molecule has 1 amide bonds. The summed E-state index contributed by atoms with van der Waals surface area (Å²) in [6.45, 7) is 4.22. The van der Waals surface area contributed by atoms with Crippen molar-refractivity contribution in [2.45, 2.75) is 26.5 Å². The van der Waals surface area contributed by atoms with Gasteiger partial charge in [-0.1, -0.05) is 47.2 Å². The van der Waals surface area contributed by atoms with E-state index in [4.69, 9.17) is 4.74 Å². The van der Waals surface area contributed by atoms with Gasteiger partial charge in [-0.3, -0.25) is 14.5 Å². The van der Waals surface area contributed by atoms with Crippen molar-refractivity contribution in [1.82, 2.24) is 10.2 Å². The minimum Gasteiger partial charge on any atom is -0.507 e. The van der Waals surface area contributed by atoms with Crippen molar-refractivity contribution in [2.24, 2.45) is 0 Å². The van der Waals surface area contributed by atoms with Crippen LogP contribution in [0.4, 0.5) is 5.13 Å². The molecule has 3 heterocycles.